The number of carbonyl (C=O) groups is 2. The molecule has 6 nitrogen and oxygen atoms in total. The highest BCUT2D eigenvalue weighted by atomic mass is 19.1. The number of methoxy groups -OCH3 is 1. The van der Waals surface area contributed by atoms with Crippen molar-refractivity contribution in [3.63, 3.8) is 0 Å². The molecule has 1 aliphatic rings. The first-order chi connectivity index (χ1) is 13.1. The van der Waals surface area contributed by atoms with Crippen molar-refractivity contribution in [3.8, 4) is 0 Å². The molecule has 0 aliphatic carbocycles. The molecule has 0 saturated carbocycles. The van der Waals surface area contributed by atoms with Crippen LogP contribution in [0.5, 0.6) is 0 Å². The molecule has 0 spiro atoms. The van der Waals surface area contributed by atoms with Crippen molar-refractivity contribution in [3.05, 3.63) is 59.3 Å². The van der Waals surface area contributed by atoms with Crippen LogP contribution in [0.15, 0.2) is 40.8 Å². The molecule has 1 aromatic carbocycles. The Morgan fingerprint density at radius 1 is 1.26 bits per heavy atom. The minimum atomic E-state index is -0.375. The van der Waals surface area contributed by atoms with E-state index in [1.807, 2.05) is 0 Å². The van der Waals surface area contributed by atoms with Gasteiger partial charge in [0, 0.05) is 32.3 Å². The number of halogens is 1. The average Bonchev–Trinajstić information content (AvgIpc) is 3.15. The van der Waals surface area contributed by atoms with Crippen LogP contribution in [-0.2, 0) is 11.3 Å². The molecule has 7 heteroatoms. The van der Waals surface area contributed by atoms with E-state index in [0.29, 0.717) is 43.3 Å². The van der Waals surface area contributed by atoms with Crippen molar-refractivity contribution in [2.45, 2.75) is 19.4 Å². The van der Waals surface area contributed by atoms with E-state index in [-0.39, 0.29) is 23.5 Å². The molecule has 27 heavy (non-hydrogen) atoms. The van der Waals surface area contributed by atoms with Crippen molar-refractivity contribution >= 4 is 11.8 Å². The van der Waals surface area contributed by atoms with Crippen LogP contribution in [0.1, 0.15) is 39.5 Å². The van der Waals surface area contributed by atoms with Crippen LogP contribution in [0.3, 0.4) is 0 Å². The van der Waals surface area contributed by atoms with Gasteiger partial charge >= 0.3 is 0 Å². The van der Waals surface area contributed by atoms with E-state index in [9.17, 15) is 14.0 Å². The number of nitrogens with zero attached hydrogens (tertiary/aromatic N) is 1. The van der Waals surface area contributed by atoms with Gasteiger partial charge in [0.05, 0.1) is 0 Å². The maximum Gasteiger partial charge on any atom is 0.289 e. The van der Waals surface area contributed by atoms with Gasteiger partial charge < -0.3 is 19.4 Å². The molecule has 1 aliphatic heterocycles. The number of hydrogen-bond acceptors (Lipinski definition) is 4. The zero-order valence-electron chi connectivity index (χ0n) is 15.2. The number of likely N-dealkylation sites (tertiary alicyclic amines) is 1. The molecule has 1 saturated heterocycles. The first-order valence-electron chi connectivity index (χ1n) is 8.97. The van der Waals surface area contributed by atoms with Crippen LogP contribution >= 0.6 is 0 Å². The number of rotatable bonds is 6. The lowest BCUT2D eigenvalue weighted by Gasteiger charge is -2.32. The molecule has 144 valence electrons. The predicted octanol–water partition coefficient (Wildman–Crippen LogP) is 2.85. The molecular formula is C20H23FN2O4. The lowest BCUT2D eigenvalue weighted by molar-refractivity contribution is 0.0632. The molecule has 0 radical (unpaired) electrons. The number of amides is 2. The Kier molecular flexibility index (Phi) is 6.24. The Bertz CT molecular complexity index is 788. The second kappa shape index (κ2) is 8.81. The van der Waals surface area contributed by atoms with Crippen molar-refractivity contribution in [1.82, 2.24) is 10.2 Å². The summed E-state index contributed by atoms with van der Waals surface area (Å²) in [4.78, 5) is 26.5. The third-order valence-electron chi connectivity index (χ3n) is 4.62. The van der Waals surface area contributed by atoms with Crippen molar-refractivity contribution in [2.24, 2.45) is 5.92 Å². The fourth-order valence-corrected chi connectivity index (χ4v) is 3.23. The Morgan fingerprint density at radius 2 is 2.04 bits per heavy atom. The summed E-state index contributed by atoms with van der Waals surface area (Å²) in [7, 11) is 1.57. The van der Waals surface area contributed by atoms with E-state index in [4.69, 9.17) is 9.15 Å². The van der Waals surface area contributed by atoms with Crippen LogP contribution in [0.4, 0.5) is 4.39 Å². The molecule has 2 heterocycles. The van der Waals surface area contributed by atoms with Gasteiger partial charge in [-0.1, -0.05) is 0 Å². The number of piperidine rings is 1. The van der Waals surface area contributed by atoms with E-state index in [1.54, 1.807) is 24.1 Å². The predicted molar refractivity (Wildman–Crippen MR) is 96.8 cm³/mol. The lowest BCUT2D eigenvalue weighted by atomic mass is 9.97. The summed E-state index contributed by atoms with van der Waals surface area (Å²) in [6, 6.07) is 8.83. The summed E-state index contributed by atoms with van der Waals surface area (Å²) in [5.41, 5.74) is 0.418. The Labute approximate surface area is 157 Å². The van der Waals surface area contributed by atoms with Crippen LogP contribution in [0, 0.1) is 11.7 Å². The molecule has 3 rings (SSSR count). The fraction of sp³-hybridized carbons (Fsp3) is 0.400. The minimum absolute atomic E-state index is 0.146. The molecule has 1 aromatic heterocycles. The largest absolute Gasteiger partial charge is 0.453 e. The minimum Gasteiger partial charge on any atom is -0.453 e. The zero-order chi connectivity index (χ0) is 19.2. The Hall–Kier alpha value is -2.67. The summed E-state index contributed by atoms with van der Waals surface area (Å²) < 4.78 is 23.5. The molecule has 1 atom stereocenters. The summed E-state index contributed by atoms with van der Waals surface area (Å²) in [6.45, 7) is 2.02. The monoisotopic (exact) mass is 374 g/mol. The first-order valence-corrected chi connectivity index (χ1v) is 8.97. The van der Waals surface area contributed by atoms with Gasteiger partial charge in [0.1, 0.15) is 18.2 Å². The smallest absolute Gasteiger partial charge is 0.289 e. The van der Waals surface area contributed by atoms with Gasteiger partial charge in [-0.25, -0.2) is 4.39 Å². The third kappa shape index (κ3) is 4.95. The molecule has 2 amide bonds. The Balaban J connectivity index is 1.53. The van der Waals surface area contributed by atoms with Crippen LogP contribution in [0.25, 0.3) is 0 Å². The van der Waals surface area contributed by atoms with Crippen LogP contribution in [0.2, 0.25) is 0 Å². The van der Waals surface area contributed by atoms with E-state index < -0.39 is 0 Å². The van der Waals surface area contributed by atoms with E-state index in [0.717, 1.165) is 12.8 Å². The van der Waals surface area contributed by atoms with Gasteiger partial charge in [-0.05, 0) is 55.2 Å². The molecule has 0 unspecified atom stereocenters. The third-order valence-corrected chi connectivity index (χ3v) is 4.62. The van der Waals surface area contributed by atoms with Gasteiger partial charge in [0.2, 0.25) is 0 Å². The van der Waals surface area contributed by atoms with Gasteiger partial charge in [0.25, 0.3) is 11.8 Å². The van der Waals surface area contributed by atoms with E-state index in [1.165, 1.54) is 24.3 Å². The van der Waals surface area contributed by atoms with Crippen molar-refractivity contribution < 1.29 is 23.1 Å². The highest BCUT2D eigenvalue weighted by Gasteiger charge is 2.26. The maximum absolute atomic E-state index is 12.9. The highest BCUT2D eigenvalue weighted by Crippen LogP contribution is 2.19. The van der Waals surface area contributed by atoms with Gasteiger partial charge in [0.15, 0.2) is 5.76 Å². The summed E-state index contributed by atoms with van der Waals surface area (Å²) in [5.74, 6) is 0.319. The molecule has 1 fully saturated rings. The second-order valence-corrected chi connectivity index (χ2v) is 6.68. The number of nitrogens with one attached hydrogen (secondary N) is 1. The fourth-order valence-electron chi connectivity index (χ4n) is 3.23. The van der Waals surface area contributed by atoms with Crippen LogP contribution in [-0.4, -0.2) is 43.5 Å². The van der Waals surface area contributed by atoms with Crippen molar-refractivity contribution in [1.29, 1.82) is 0 Å². The van der Waals surface area contributed by atoms with Gasteiger partial charge in [-0.3, -0.25) is 9.59 Å². The van der Waals surface area contributed by atoms with Crippen LogP contribution < -0.4 is 5.32 Å². The molecular weight excluding hydrogens is 351 g/mol. The molecule has 1 N–H and O–H groups in total. The van der Waals surface area contributed by atoms with Crippen molar-refractivity contribution in [2.75, 3.05) is 26.7 Å². The highest BCUT2D eigenvalue weighted by molar-refractivity contribution is 5.94. The summed E-state index contributed by atoms with van der Waals surface area (Å²) >= 11 is 0. The number of carbonyl (C=O) groups excluding carboxylic acids is 2. The van der Waals surface area contributed by atoms with Gasteiger partial charge in [-0.2, -0.15) is 0 Å². The normalized spacial score (nSPS) is 17.0. The zero-order valence-corrected chi connectivity index (χ0v) is 15.2. The number of furan rings is 1. The number of benzene rings is 1. The topological polar surface area (TPSA) is 71.8 Å². The molecule has 2 aromatic rings. The van der Waals surface area contributed by atoms with E-state index in [2.05, 4.69) is 5.32 Å². The quantitative estimate of drug-likeness (QED) is 0.844. The Morgan fingerprint density at radius 3 is 2.78 bits per heavy atom. The maximum atomic E-state index is 12.9. The SMILES string of the molecule is COCc1ccc(C(=O)N2CCC[C@@H](CNC(=O)c3ccc(F)cc3)C2)o1. The average molecular weight is 374 g/mol. The van der Waals surface area contributed by atoms with E-state index >= 15 is 0 Å². The number of hydrogen-bond donors (Lipinski definition) is 1. The standard InChI is InChI=1S/C20H23FN2O4/c1-26-13-17-8-9-18(27-17)20(25)23-10-2-3-14(12-23)11-22-19(24)15-4-6-16(21)7-5-15/h4-9,14H,2-3,10-13H2,1H3,(H,22,24)/t14-/m0/s1. The first kappa shape index (κ1) is 19.1. The number of ether oxygens (including phenoxy) is 1. The van der Waals surface area contributed by atoms with Gasteiger partial charge in [-0.15, -0.1) is 0 Å². The summed E-state index contributed by atoms with van der Waals surface area (Å²) in [6.07, 6.45) is 1.80. The summed E-state index contributed by atoms with van der Waals surface area (Å²) in [5, 5.41) is 2.87. The second-order valence-electron chi connectivity index (χ2n) is 6.68. The molecule has 0 bridgehead atoms. The lowest BCUT2D eigenvalue weighted by Crippen LogP contribution is -2.43.